The van der Waals surface area contributed by atoms with Crippen LogP contribution in [0, 0.1) is 0 Å². The Hall–Kier alpha value is -2.10. The number of hydrogen-bond acceptors (Lipinski definition) is 4. The molecular weight excluding hydrogens is 313 g/mol. The topological polar surface area (TPSA) is 88.7 Å². The van der Waals surface area contributed by atoms with Gasteiger partial charge >= 0.3 is 12.1 Å². The van der Waals surface area contributed by atoms with Crippen LogP contribution in [-0.4, -0.2) is 34.9 Å². The van der Waals surface area contributed by atoms with Gasteiger partial charge in [-0.1, -0.05) is 6.92 Å². The van der Waals surface area contributed by atoms with E-state index in [4.69, 9.17) is 5.11 Å². The third-order valence-electron chi connectivity index (χ3n) is 2.81. The van der Waals surface area contributed by atoms with E-state index in [1.165, 1.54) is 6.92 Å². The maximum atomic E-state index is 12.7. The average molecular weight is 322 g/mol. The summed E-state index contributed by atoms with van der Waals surface area (Å²) in [5, 5.41) is 12.5. The second-order valence-corrected chi connectivity index (χ2v) is 6.34. The Morgan fingerprint density at radius 2 is 2.05 bits per heavy atom. The molecule has 0 amide bonds. The molecule has 1 N–H and O–H groups in total. The fourth-order valence-corrected chi connectivity index (χ4v) is 2.97. The zero-order chi connectivity index (χ0) is 16.0. The fourth-order valence-electron chi connectivity index (χ4n) is 1.79. The van der Waals surface area contributed by atoms with Crippen LogP contribution in [0.3, 0.4) is 0 Å². The lowest BCUT2D eigenvalue weighted by Gasteiger charge is -2.07. The van der Waals surface area contributed by atoms with Gasteiger partial charge in [0.05, 0.1) is 16.8 Å². The number of carboxylic acids is 1. The molecule has 114 valence electrons. The Labute approximate surface area is 116 Å². The van der Waals surface area contributed by atoms with E-state index in [-0.39, 0.29) is 0 Å². The molecule has 0 saturated carbocycles. The van der Waals surface area contributed by atoms with E-state index in [1.54, 1.807) is 0 Å². The molecule has 0 bridgehead atoms. The van der Waals surface area contributed by atoms with Crippen molar-refractivity contribution in [3.63, 3.8) is 0 Å². The average Bonchev–Trinajstić information content (AvgIpc) is 2.76. The molecule has 0 radical (unpaired) electrons. The van der Waals surface area contributed by atoms with E-state index in [0.29, 0.717) is 12.1 Å². The molecule has 2 heterocycles. The number of hydrogen-bond donors (Lipinski definition) is 1. The molecular formula is C11H9F3N2O4S. The number of carboxylic acid groups (broad SMARTS) is 1. The SMILES string of the molecule is CCS(=O)(=O)c1c(C(=O)O)nn2ccc(C(F)(F)F)cc12. The van der Waals surface area contributed by atoms with Crippen molar-refractivity contribution in [2.75, 3.05) is 5.75 Å². The van der Waals surface area contributed by atoms with Gasteiger partial charge in [0.15, 0.2) is 15.5 Å². The predicted molar refractivity (Wildman–Crippen MR) is 64.9 cm³/mol. The lowest BCUT2D eigenvalue weighted by molar-refractivity contribution is -0.137. The highest BCUT2D eigenvalue weighted by Crippen LogP contribution is 2.32. The zero-order valence-corrected chi connectivity index (χ0v) is 11.4. The lowest BCUT2D eigenvalue weighted by atomic mass is 10.2. The number of halogens is 3. The second kappa shape index (κ2) is 4.72. The first-order valence-corrected chi connectivity index (χ1v) is 7.28. The molecule has 0 aliphatic rings. The Morgan fingerprint density at radius 3 is 2.52 bits per heavy atom. The number of aromatic nitrogens is 2. The van der Waals surface area contributed by atoms with Crippen molar-refractivity contribution in [2.45, 2.75) is 18.0 Å². The minimum absolute atomic E-state index is 0.413. The smallest absolute Gasteiger partial charge is 0.416 e. The van der Waals surface area contributed by atoms with Crippen LogP contribution >= 0.6 is 0 Å². The van der Waals surface area contributed by atoms with Crippen molar-refractivity contribution in [3.05, 3.63) is 29.6 Å². The van der Waals surface area contributed by atoms with Gasteiger partial charge < -0.3 is 5.11 Å². The fraction of sp³-hybridized carbons (Fsp3) is 0.273. The van der Waals surface area contributed by atoms with Crippen LogP contribution in [-0.2, 0) is 16.0 Å². The number of aromatic carboxylic acids is 1. The van der Waals surface area contributed by atoms with Gasteiger partial charge in [-0.2, -0.15) is 18.3 Å². The monoisotopic (exact) mass is 322 g/mol. The first-order chi connectivity index (χ1) is 9.58. The Balaban J connectivity index is 2.90. The molecule has 10 heteroatoms. The first-order valence-electron chi connectivity index (χ1n) is 5.63. The molecule has 0 aliphatic heterocycles. The standard InChI is InChI=1S/C11H9F3N2O4S/c1-2-21(19,20)9-7-5-6(11(12,13)14)3-4-16(7)15-8(9)10(17)18/h3-5H,2H2,1H3,(H,17,18). The van der Waals surface area contributed by atoms with Crippen molar-refractivity contribution in [2.24, 2.45) is 0 Å². The van der Waals surface area contributed by atoms with E-state index in [9.17, 15) is 26.4 Å². The minimum atomic E-state index is -4.68. The largest absolute Gasteiger partial charge is 0.476 e. The summed E-state index contributed by atoms with van der Waals surface area (Å²) in [6.45, 7) is 1.26. The van der Waals surface area contributed by atoms with Crippen LogP contribution in [0.25, 0.3) is 5.52 Å². The summed E-state index contributed by atoms with van der Waals surface area (Å²) in [5.41, 5.74) is -2.29. The van der Waals surface area contributed by atoms with E-state index in [1.807, 2.05) is 0 Å². The van der Waals surface area contributed by atoms with Gasteiger partial charge in [-0.3, -0.25) is 0 Å². The molecule has 2 rings (SSSR count). The third kappa shape index (κ3) is 2.58. The van der Waals surface area contributed by atoms with Gasteiger partial charge in [-0.15, -0.1) is 0 Å². The number of pyridine rings is 1. The van der Waals surface area contributed by atoms with Crippen LogP contribution in [0.15, 0.2) is 23.2 Å². The van der Waals surface area contributed by atoms with Crippen LogP contribution in [0.5, 0.6) is 0 Å². The van der Waals surface area contributed by atoms with E-state index in [2.05, 4.69) is 5.10 Å². The van der Waals surface area contributed by atoms with Crippen molar-refractivity contribution in [1.82, 2.24) is 9.61 Å². The molecule has 0 spiro atoms. The van der Waals surface area contributed by atoms with Gasteiger partial charge in [0.1, 0.15) is 4.90 Å². The Morgan fingerprint density at radius 1 is 1.43 bits per heavy atom. The molecule has 0 fully saturated rings. The zero-order valence-electron chi connectivity index (χ0n) is 10.5. The van der Waals surface area contributed by atoms with Crippen LogP contribution in [0.2, 0.25) is 0 Å². The summed E-state index contributed by atoms with van der Waals surface area (Å²) >= 11 is 0. The second-order valence-electron chi connectivity index (χ2n) is 4.13. The number of alkyl halides is 3. The van der Waals surface area contributed by atoms with Gasteiger partial charge in [0, 0.05) is 6.20 Å². The number of fused-ring (bicyclic) bond motifs is 1. The predicted octanol–water partition coefficient (Wildman–Crippen LogP) is 1.84. The first kappa shape index (κ1) is 15.3. The highest BCUT2D eigenvalue weighted by Gasteiger charge is 2.33. The molecule has 2 aromatic rings. The summed E-state index contributed by atoms with van der Waals surface area (Å²) in [6.07, 6.45) is -3.80. The van der Waals surface area contributed by atoms with E-state index in [0.717, 1.165) is 10.7 Å². The Bertz CT molecular complexity index is 824. The van der Waals surface area contributed by atoms with Gasteiger partial charge in [0.25, 0.3) is 0 Å². The van der Waals surface area contributed by atoms with Gasteiger partial charge in [0.2, 0.25) is 0 Å². The van der Waals surface area contributed by atoms with Crippen molar-refractivity contribution < 1.29 is 31.5 Å². The van der Waals surface area contributed by atoms with Gasteiger partial charge in [-0.25, -0.2) is 17.7 Å². The molecule has 0 aromatic carbocycles. The van der Waals surface area contributed by atoms with E-state index < -0.39 is 49.4 Å². The molecule has 0 saturated heterocycles. The summed E-state index contributed by atoms with van der Waals surface area (Å²) in [5.74, 6) is -2.08. The molecule has 6 nitrogen and oxygen atoms in total. The van der Waals surface area contributed by atoms with Crippen molar-refractivity contribution >= 4 is 21.3 Å². The number of rotatable bonds is 3. The highest BCUT2D eigenvalue weighted by atomic mass is 32.2. The van der Waals surface area contributed by atoms with Crippen LogP contribution < -0.4 is 0 Å². The molecule has 0 aliphatic carbocycles. The highest BCUT2D eigenvalue weighted by molar-refractivity contribution is 7.91. The lowest BCUT2D eigenvalue weighted by Crippen LogP contribution is -2.10. The maximum absolute atomic E-state index is 12.7. The van der Waals surface area contributed by atoms with Crippen LogP contribution in [0.1, 0.15) is 23.0 Å². The van der Waals surface area contributed by atoms with Crippen LogP contribution in [0.4, 0.5) is 13.2 Å². The normalized spacial score (nSPS) is 12.8. The van der Waals surface area contributed by atoms with Crippen molar-refractivity contribution in [1.29, 1.82) is 0 Å². The van der Waals surface area contributed by atoms with Gasteiger partial charge in [-0.05, 0) is 12.1 Å². The third-order valence-corrected chi connectivity index (χ3v) is 4.60. The molecule has 21 heavy (non-hydrogen) atoms. The number of nitrogens with zero attached hydrogens (tertiary/aromatic N) is 2. The summed E-state index contributed by atoms with van der Waals surface area (Å²) < 4.78 is 62.8. The minimum Gasteiger partial charge on any atom is -0.476 e. The number of sulfone groups is 1. The summed E-state index contributed by atoms with van der Waals surface area (Å²) in [7, 11) is -4.05. The molecule has 2 aromatic heterocycles. The molecule has 0 unspecified atom stereocenters. The van der Waals surface area contributed by atoms with E-state index >= 15 is 0 Å². The summed E-state index contributed by atoms with van der Waals surface area (Å²) in [6, 6.07) is 1.26. The quantitative estimate of drug-likeness (QED) is 0.931. The van der Waals surface area contributed by atoms with Crippen molar-refractivity contribution in [3.8, 4) is 0 Å². The maximum Gasteiger partial charge on any atom is 0.416 e. The molecule has 0 atom stereocenters. The number of carbonyl (C=O) groups is 1. The Kier molecular flexibility index (Phi) is 3.44. The summed E-state index contributed by atoms with van der Waals surface area (Å²) in [4.78, 5) is 10.4.